The van der Waals surface area contributed by atoms with Gasteiger partial charge in [0.25, 0.3) is 11.8 Å². The lowest BCUT2D eigenvalue weighted by molar-refractivity contribution is 0.0941. The molecule has 0 fully saturated rings. The molecule has 0 aliphatic heterocycles. The lowest BCUT2D eigenvalue weighted by Gasteiger charge is -2.03. The van der Waals surface area contributed by atoms with Crippen molar-refractivity contribution >= 4 is 5.91 Å². The highest BCUT2D eigenvalue weighted by Gasteiger charge is 2.12. The average Bonchev–Trinajstić information content (AvgIpc) is 3.14. The molecule has 0 bridgehead atoms. The van der Waals surface area contributed by atoms with Crippen LogP contribution in [0.2, 0.25) is 0 Å². The van der Waals surface area contributed by atoms with Crippen molar-refractivity contribution in [3.05, 3.63) is 59.9 Å². The van der Waals surface area contributed by atoms with Crippen molar-refractivity contribution in [1.29, 1.82) is 0 Å². The van der Waals surface area contributed by atoms with Gasteiger partial charge in [0.05, 0.1) is 6.54 Å². The van der Waals surface area contributed by atoms with Gasteiger partial charge in [-0.3, -0.25) is 4.79 Å². The third-order valence-corrected chi connectivity index (χ3v) is 3.12. The lowest BCUT2D eigenvalue weighted by atomic mass is 10.2. The molecule has 22 heavy (non-hydrogen) atoms. The zero-order valence-electron chi connectivity index (χ0n) is 11.8. The molecular weight excluding hydrogens is 287 g/mol. The molecule has 0 spiro atoms. The standard InChI is InChI=1S/C15H13FN4O2/c1-20-7-3-6-12(20)14(21)17-9-13-18-15(22-19-13)10-4-2-5-11(16)8-10/h2-8H,9H2,1H3,(H,17,21). The minimum absolute atomic E-state index is 0.128. The largest absolute Gasteiger partial charge is 0.347 e. The van der Waals surface area contributed by atoms with Crippen LogP contribution in [-0.2, 0) is 13.6 Å². The molecule has 3 rings (SSSR count). The molecule has 0 radical (unpaired) electrons. The number of hydrogen-bond donors (Lipinski definition) is 1. The Bertz CT molecular complexity index is 809. The van der Waals surface area contributed by atoms with Gasteiger partial charge in [0, 0.05) is 18.8 Å². The molecule has 2 aromatic heterocycles. The maximum absolute atomic E-state index is 13.2. The SMILES string of the molecule is Cn1cccc1C(=O)NCc1noc(-c2cccc(F)c2)n1. The van der Waals surface area contributed by atoms with Gasteiger partial charge in [-0.05, 0) is 30.3 Å². The topological polar surface area (TPSA) is 73.0 Å². The van der Waals surface area contributed by atoms with E-state index in [-0.39, 0.29) is 24.2 Å². The van der Waals surface area contributed by atoms with Crippen LogP contribution >= 0.6 is 0 Å². The van der Waals surface area contributed by atoms with Crippen molar-refractivity contribution in [2.24, 2.45) is 7.05 Å². The molecule has 0 saturated heterocycles. The van der Waals surface area contributed by atoms with Gasteiger partial charge in [-0.25, -0.2) is 4.39 Å². The minimum Gasteiger partial charge on any atom is -0.347 e. The van der Waals surface area contributed by atoms with Crippen molar-refractivity contribution in [2.45, 2.75) is 6.54 Å². The first-order chi connectivity index (χ1) is 10.6. The van der Waals surface area contributed by atoms with Crippen LogP contribution < -0.4 is 5.32 Å². The van der Waals surface area contributed by atoms with E-state index in [4.69, 9.17) is 4.52 Å². The van der Waals surface area contributed by atoms with Crippen LogP contribution in [0.25, 0.3) is 11.5 Å². The van der Waals surface area contributed by atoms with E-state index >= 15 is 0 Å². The normalized spacial score (nSPS) is 10.6. The van der Waals surface area contributed by atoms with Gasteiger partial charge in [0.15, 0.2) is 5.82 Å². The number of aryl methyl sites for hydroxylation is 1. The van der Waals surface area contributed by atoms with E-state index in [1.807, 2.05) is 0 Å². The van der Waals surface area contributed by atoms with E-state index in [0.29, 0.717) is 17.1 Å². The van der Waals surface area contributed by atoms with Crippen LogP contribution in [0, 0.1) is 5.82 Å². The molecule has 0 aliphatic rings. The van der Waals surface area contributed by atoms with E-state index in [1.54, 1.807) is 42.1 Å². The van der Waals surface area contributed by atoms with Gasteiger partial charge in [-0.15, -0.1) is 0 Å². The summed E-state index contributed by atoms with van der Waals surface area (Å²) in [7, 11) is 1.78. The summed E-state index contributed by atoms with van der Waals surface area (Å²) in [5.41, 5.74) is 1.03. The van der Waals surface area contributed by atoms with E-state index in [1.165, 1.54) is 12.1 Å². The van der Waals surface area contributed by atoms with Crippen molar-refractivity contribution < 1.29 is 13.7 Å². The zero-order chi connectivity index (χ0) is 15.5. The molecule has 0 saturated carbocycles. The molecule has 2 heterocycles. The number of hydrogen-bond acceptors (Lipinski definition) is 4. The molecule has 112 valence electrons. The molecule has 0 unspecified atom stereocenters. The van der Waals surface area contributed by atoms with Crippen molar-refractivity contribution in [3.8, 4) is 11.5 Å². The van der Waals surface area contributed by atoms with Crippen LogP contribution in [0.3, 0.4) is 0 Å². The van der Waals surface area contributed by atoms with E-state index < -0.39 is 0 Å². The van der Waals surface area contributed by atoms with Crippen molar-refractivity contribution in [1.82, 2.24) is 20.0 Å². The first-order valence-corrected chi connectivity index (χ1v) is 6.61. The van der Waals surface area contributed by atoms with Crippen LogP contribution in [-0.4, -0.2) is 20.6 Å². The van der Waals surface area contributed by atoms with E-state index in [0.717, 1.165) is 0 Å². The highest BCUT2D eigenvalue weighted by atomic mass is 19.1. The molecule has 1 aromatic carbocycles. The average molecular weight is 300 g/mol. The number of nitrogens with zero attached hydrogens (tertiary/aromatic N) is 3. The first kappa shape index (κ1) is 14.0. The Morgan fingerprint density at radius 3 is 2.95 bits per heavy atom. The highest BCUT2D eigenvalue weighted by molar-refractivity contribution is 5.92. The molecule has 0 atom stereocenters. The fraction of sp³-hybridized carbons (Fsp3) is 0.133. The van der Waals surface area contributed by atoms with Gasteiger partial charge >= 0.3 is 0 Å². The number of aromatic nitrogens is 3. The molecule has 1 N–H and O–H groups in total. The summed E-state index contributed by atoms with van der Waals surface area (Å²) in [5, 5.41) is 6.47. The second kappa shape index (κ2) is 5.80. The molecule has 3 aromatic rings. The summed E-state index contributed by atoms with van der Waals surface area (Å²) in [6, 6.07) is 9.37. The second-order valence-corrected chi connectivity index (χ2v) is 4.71. The Kier molecular flexibility index (Phi) is 3.69. The number of carbonyl (C=O) groups is 1. The number of amides is 1. The Morgan fingerprint density at radius 1 is 1.36 bits per heavy atom. The molecule has 1 amide bonds. The molecular formula is C15H13FN4O2. The van der Waals surface area contributed by atoms with Crippen LogP contribution in [0.1, 0.15) is 16.3 Å². The first-order valence-electron chi connectivity index (χ1n) is 6.61. The zero-order valence-corrected chi connectivity index (χ0v) is 11.8. The maximum Gasteiger partial charge on any atom is 0.268 e. The number of nitrogens with one attached hydrogen (secondary N) is 1. The second-order valence-electron chi connectivity index (χ2n) is 4.71. The fourth-order valence-corrected chi connectivity index (χ4v) is 2.01. The van der Waals surface area contributed by atoms with E-state index in [9.17, 15) is 9.18 Å². The van der Waals surface area contributed by atoms with Gasteiger partial charge in [-0.1, -0.05) is 11.2 Å². The van der Waals surface area contributed by atoms with Crippen LogP contribution in [0.15, 0.2) is 47.1 Å². The summed E-state index contributed by atoms with van der Waals surface area (Å²) < 4.78 is 19.9. The Balaban J connectivity index is 1.67. The van der Waals surface area contributed by atoms with Gasteiger partial charge < -0.3 is 14.4 Å². The lowest BCUT2D eigenvalue weighted by Crippen LogP contribution is -2.25. The van der Waals surface area contributed by atoms with Crippen LogP contribution in [0.4, 0.5) is 4.39 Å². The predicted molar refractivity (Wildman–Crippen MR) is 76.3 cm³/mol. The maximum atomic E-state index is 13.2. The minimum atomic E-state index is -0.380. The summed E-state index contributed by atoms with van der Waals surface area (Å²) >= 11 is 0. The van der Waals surface area contributed by atoms with E-state index in [2.05, 4.69) is 15.5 Å². The van der Waals surface area contributed by atoms with Crippen molar-refractivity contribution in [2.75, 3.05) is 0 Å². The third-order valence-electron chi connectivity index (χ3n) is 3.12. The number of benzene rings is 1. The third kappa shape index (κ3) is 2.88. The summed E-state index contributed by atoms with van der Waals surface area (Å²) in [5.74, 6) is -0.0803. The molecule has 7 heteroatoms. The Labute approximate surface area is 125 Å². The van der Waals surface area contributed by atoms with Gasteiger partial charge in [0.1, 0.15) is 11.5 Å². The number of rotatable bonds is 4. The number of carbonyl (C=O) groups excluding carboxylic acids is 1. The monoisotopic (exact) mass is 300 g/mol. The summed E-state index contributed by atoms with van der Waals surface area (Å²) in [6.45, 7) is 0.128. The summed E-state index contributed by atoms with van der Waals surface area (Å²) in [6.07, 6.45) is 1.78. The number of halogens is 1. The fourth-order valence-electron chi connectivity index (χ4n) is 2.01. The van der Waals surface area contributed by atoms with Gasteiger partial charge in [0.2, 0.25) is 0 Å². The smallest absolute Gasteiger partial charge is 0.268 e. The molecule has 0 aliphatic carbocycles. The quantitative estimate of drug-likeness (QED) is 0.801. The molecule has 6 nitrogen and oxygen atoms in total. The Hall–Kier alpha value is -2.96. The summed E-state index contributed by atoms with van der Waals surface area (Å²) in [4.78, 5) is 16.1. The van der Waals surface area contributed by atoms with Crippen molar-refractivity contribution in [3.63, 3.8) is 0 Å². The predicted octanol–water partition coefficient (Wildman–Crippen LogP) is 2.14. The highest BCUT2D eigenvalue weighted by Crippen LogP contribution is 2.17. The van der Waals surface area contributed by atoms with Crippen LogP contribution in [0.5, 0.6) is 0 Å². The van der Waals surface area contributed by atoms with Gasteiger partial charge in [-0.2, -0.15) is 4.98 Å². The Morgan fingerprint density at radius 2 is 2.23 bits per heavy atom.